The van der Waals surface area contributed by atoms with Gasteiger partial charge in [-0.25, -0.2) is 4.98 Å². The van der Waals surface area contributed by atoms with E-state index in [0.29, 0.717) is 12.5 Å². The summed E-state index contributed by atoms with van der Waals surface area (Å²) in [6, 6.07) is 0. The topological polar surface area (TPSA) is 35.0 Å². The van der Waals surface area contributed by atoms with Crippen molar-refractivity contribution < 1.29 is 4.74 Å². The van der Waals surface area contributed by atoms with Crippen molar-refractivity contribution in [2.24, 2.45) is 11.3 Å². The largest absolute Gasteiger partial charge is 0.476 e. The van der Waals surface area contributed by atoms with Gasteiger partial charge in [0.1, 0.15) is 5.69 Å². The first-order valence-corrected chi connectivity index (χ1v) is 9.87. The lowest BCUT2D eigenvalue weighted by molar-refractivity contribution is 0.147. The molecule has 1 aromatic rings. The molecule has 0 aliphatic carbocycles. The zero-order valence-electron chi connectivity index (χ0n) is 16.6. The Kier molecular flexibility index (Phi) is 9.97. The molecule has 0 unspecified atom stereocenters. The van der Waals surface area contributed by atoms with Gasteiger partial charge in [0.2, 0.25) is 5.88 Å². The Bertz CT molecular complexity index is 443. The third-order valence-electron chi connectivity index (χ3n) is 4.31. The van der Waals surface area contributed by atoms with Crippen molar-refractivity contribution in [1.82, 2.24) is 9.97 Å². The fraction of sp³-hybridized carbons (Fsp3) is 0.810. The molecule has 1 aromatic heterocycles. The number of aryl methyl sites for hydroxylation is 1. The monoisotopic (exact) mass is 334 g/mol. The molecule has 0 atom stereocenters. The summed E-state index contributed by atoms with van der Waals surface area (Å²) in [7, 11) is 0. The van der Waals surface area contributed by atoms with Crippen LogP contribution in [0.1, 0.15) is 91.7 Å². The normalized spacial score (nSPS) is 11.9. The molecule has 0 saturated heterocycles. The minimum Gasteiger partial charge on any atom is -0.476 e. The van der Waals surface area contributed by atoms with Gasteiger partial charge in [0.25, 0.3) is 0 Å². The van der Waals surface area contributed by atoms with E-state index in [2.05, 4.69) is 44.6 Å². The van der Waals surface area contributed by atoms with Gasteiger partial charge in [-0.2, -0.15) is 0 Å². The van der Waals surface area contributed by atoms with E-state index >= 15 is 0 Å². The fourth-order valence-corrected chi connectivity index (χ4v) is 3.32. The van der Waals surface area contributed by atoms with Crippen molar-refractivity contribution in [3.05, 3.63) is 18.1 Å². The van der Waals surface area contributed by atoms with Crippen molar-refractivity contribution in [2.75, 3.05) is 6.61 Å². The van der Waals surface area contributed by atoms with Crippen LogP contribution in [0.25, 0.3) is 0 Å². The third-order valence-corrected chi connectivity index (χ3v) is 4.31. The van der Waals surface area contributed by atoms with Crippen LogP contribution in [0.3, 0.4) is 0 Å². The predicted molar refractivity (Wildman–Crippen MR) is 102 cm³/mol. The lowest BCUT2D eigenvalue weighted by Crippen LogP contribution is -2.24. The van der Waals surface area contributed by atoms with Crippen LogP contribution in [-0.2, 0) is 6.42 Å². The van der Waals surface area contributed by atoms with Gasteiger partial charge in [-0.05, 0) is 30.6 Å². The SMILES string of the molecule is CCCCCCCCCc1nccnc1OCC(C)(C)CC(C)C. The van der Waals surface area contributed by atoms with Crippen LogP contribution in [-0.4, -0.2) is 16.6 Å². The number of aromatic nitrogens is 2. The van der Waals surface area contributed by atoms with Gasteiger partial charge in [0.15, 0.2) is 0 Å². The summed E-state index contributed by atoms with van der Waals surface area (Å²) >= 11 is 0. The van der Waals surface area contributed by atoms with Crippen molar-refractivity contribution in [3.8, 4) is 5.88 Å². The minimum atomic E-state index is 0.169. The minimum absolute atomic E-state index is 0.169. The summed E-state index contributed by atoms with van der Waals surface area (Å²) in [5.41, 5.74) is 1.19. The highest BCUT2D eigenvalue weighted by Gasteiger charge is 2.21. The van der Waals surface area contributed by atoms with Crippen LogP contribution >= 0.6 is 0 Å². The molecule has 0 aliphatic heterocycles. The first kappa shape index (κ1) is 20.9. The Labute approximate surface area is 149 Å². The zero-order chi connectivity index (χ0) is 17.8. The highest BCUT2D eigenvalue weighted by molar-refractivity contribution is 5.17. The highest BCUT2D eigenvalue weighted by Crippen LogP contribution is 2.27. The smallest absolute Gasteiger partial charge is 0.235 e. The average molecular weight is 335 g/mol. The van der Waals surface area contributed by atoms with E-state index in [0.717, 1.165) is 24.4 Å². The van der Waals surface area contributed by atoms with Crippen molar-refractivity contribution >= 4 is 0 Å². The maximum atomic E-state index is 6.04. The summed E-state index contributed by atoms with van der Waals surface area (Å²) in [4.78, 5) is 8.92. The quantitative estimate of drug-likeness (QED) is 0.402. The molecule has 0 radical (unpaired) electrons. The first-order valence-electron chi connectivity index (χ1n) is 9.87. The van der Waals surface area contributed by atoms with Crippen LogP contribution in [0, 0.1) is 11.3 Å². The Morgan fingerprint density at radius 2 is 1.58 bits per heavy atom. The lowest BCUT2D eigenvalue weighted by atomic mass is 9.85. The van der Waals surface area contributed by atoms with Crippen molar-refractivity contribution in [2.45, 2.75) is 92.4 Å². The van der Waals surface area contributed by atoms with Crippen LogP contribution < -0.4 is 4.74 Å². The molecule has 0 spiro atoms. The van der Waals surface area contributed by atoms with Gasteiger partial charge < -0.3 is 4.74 Å². The van der Waals surface area contributed by atoms with Gasteiger partial charge in [-0.15, -0.1) is 0 Å². The van der Waals surface area contributed by atoms with Crippen LogP contribution in [0.15, 0.2) is 12.4 Å². The number of hydrogen-bond donors (Lipinski definition) is 0. The van der Waals surface area contributed by atoms with Crippen LogP contribution in [0.4, 0.5) is 0 Å². The number of ether oxygens (including phenoxy) is 1. The second kappa shape index (κ2) is 11.4. The Morgan fingerprint density at radius 3 is 2.25 bits per heavy atom. The summed E-state index contributed by atoms with van der Waals surface area (Å²) in [6.45, 7) is 12.0. The van der Waals surface area contributed by atoms with Crippen molar-refractivity contribution in [1.29, 1.82) is 0 Å². The molecule has 138 valence electrons. The molecule has 0 amide bonds. The third kappa shape index (κ3) is 9.24. The van der Waals surface area contributed by atoms with Crippen LogP contribution in [0.5, 0.6) is 5.88 Å². The molecule has 1 rings (SSSR count). The van der Waals surface area contributed by atoms with E-state index in [9.17, 15) is 0 Å². The van der Waals surface area contributed by atoms with E-state index < -0.39 is 0 Å². The molecule has 0 aromatic carbocycles. The average Bonchev–Trinajstić information content (AvgIpc) is 2.52. The lowest BCUT2D eigenvalue weighted by Gasteiger charge is -2.26. The van der Waals surface area contributed by atoms with E-state index in [1.165, 1.54) is 44.9 Å². The molecule has 3 heteroatoms. The molecule has 0 bridgehead atoms. The zero-order valence-corrected chi connectivity index (χ0v) is 16.6. The maximum absolute atomic E-state index is 6.04. The molecule has 0 aliphatic rings. The summed E-state index contributed by atoms with van der Waals surface area (Å²) < 4.78 is 6.04. The maximum Gasteiger partial charge on any atom is 0.235 e. The predicted octanol–water partition coefficient (Wildman–Crippen LogP) is 6.22. The molecule has 0 N–H and O–H groups in total. The van der Waals surface area contributed by atoms with Crippen LogP contribution in [0.2, 0.25) is 0 Å². The molecular weight excluding hydrogens is 296 g/mol. The van der Waals surface area contributed by atoms with Gasteiger partial charge in [-0.1, -0.05) is 73.1 Å². The first-order chi connectivity index (χ1) is 11.4. The van der Waals surface area contributed by atoms with Gasteiger partial charge in [-0.3, -0.25) is 4.98 Å². The number of hydrogen-bond acceptors (Lipinski definition) is 3. The van der Waals surface area contributed by atoms with E-state index in [-0.39, 0.29) is 5.41 Å². The number of nitrogens with zero attached hydrogens (tertiary/aromatic N) is 2. The Morgan fingerprint density at radius 1 is 0.958 bits per heavy atom. The van der Waals surface area contributed by atoms with E-state index in [4.69, 9.17) is 4.74 Å². The number of unbranched alkanes of at least 4 members (excludes halogenated alkanes) is 6. The van der Waals surface area contributed by atoms with Gasteiger partial charge >= 0.3 is 0 Å². The van der Waals surface area contributed by atoms with E-state index in [1.54, 1.807) is 12.4 Å². The summed E-state index contributed by atoms with van der Waals surface area (Å²) in [5, 5.41) is 0. The molecule has 24 heavy (non-hydrogen) atoms. The summed E-state index contributed by atoms with van der Waals surface area (Å²) in [6.07, 6.45) is 14.8. The second-order valence-corrected chi connectivity index (χ2v) is 8.23. The van der Waals surface area contributed by atoms with Gasteiger partial charge in [0, 0.05) is 12.4 Å². The van der Waals surface area contributed by atoms with E-state index in [1.807, 2.05) is 0 Å². The molecule has 0 fully saturated rings. The molecule has 1 heterocycles. The second-order valence-electron chi connectivity index (χ2n) is 8.23. The summed E-state index contributed by atoms with van der Waals surface area (Å²) in [5.74, 6) is 1.41. The van der Waals surface area contributed by atoms with Crippen molar-refractivity contribution in [3.63, 3.8) is 0 Å². The Hall–Kier alpha value is -1.12. The Balaban J connectivity index is 2.39. The molecule has 3 nitrogen and oxygen atoms in total. The molecular formula is C21H38N2O. The standard InChI is InChI=1S/C21H38N2O/c1-6-7-8-9-10-11-12-13-19-20(23-15-14-22-19)24-17-21(4,5)16-18(2)3/h14-15,18H,6-13,16-17H2,1-5H3. The molecule has 0 saturated carbocycles. The number of rotatable bonds is 13. The van der Waals surface area contributed by atoms with Gasteiger partial charge in [0.05, 0.1) is 6.61 Å². The highest BCUT2D eigenvalue weighted by atomic mass is 16.5. The fourth-order valence-electron chi connectivity index (χ4n) is 3.32.